The first kappa shape index (κ1) is 17.0. The number of halogens is 2. The predicted octanol–water partition coefficient (Wildman–Crippen LogP) is 2.97. The van der Waals surface area contributed by atoms with Gasteiger partial charge in [-0.3, -0.25) is 9.59 Å². The molecule has 0 spiro atoms. The van der Waals surface area contributed by atoms with Crippen LogP contribution in [0.5, 0.6) is 0 Å². The van der Waals surface area contributed by atoms with Gasteiger partial charge >= 0.3 is 5.97 Å². The van der Waals surface area contributed by atoms with Crippen LogP contribution in [0.1, 0.15) is 18.9 Å². The van der Waals surface area contributed by atoms with Crippen LogP contribution in [-0.4, -0.2) is 39.8 Å². The molecule has 4 nitrogen and oxygen atoms in total. The number of hydrogen-bond donors (Lipinski definition) is 1. The molecule has 110 valence electrons. The van der Waals surface area contributed by atoms with E-state index in [2.05, 4.69) is 15.9 Å². The number of benzene rings is 1. The van der Waals surface area contributed by atoms with Crippen LogP contribution in [0.15, 0.2) is 24.3 Å². The fourth-order valence-corrected chi connectivity index (χ4v) is 2.65. The van der Waals surface area contributed by atoms with Gasteiger partial charge in [-0.1, -0.05) is 45.7 Å². The Kier molecular flexibility index (Phi) is 7.02. The van der Waals surface area contributed by atoms with Crippen LogP contribution in [0.2, 0.25) is 5.02 Å². The summed E-state index contributed by atoms with van der Waals surface area (Å²) in [5.74, 6) is -1.03. The molecule has 6 heteroatoms. The Morgan fingerprint density at radius 2 is 2.05 bits per heavy atom. The van der Waals surface area contributed by atoms with E-state index in [1.165, 1.54) is 4.90 Å². The van der Waals surface area contributed by atoms with Gasteiger partial charge in [0.25, 0.3) is 0 Å². The molecule has 0 fully saturated rings. The van der Waals surface area contributed by atoms with Gasteiger partial charge in [0, 0.05) is 18.1 Å². The van der Waals surface area contributed by atoms with Gasteiger partial charge in [-0.2, -0.15) is 0 Å². The lowest BCUT2D eigenvalue weighted by Crippen LogP contribution is -2.38. The highest BCUT2D eigenvalue weighted by Gasteiger charge is 2.22. The summed E-state index contributed by atoms with van der Waals surface area (Å²) >= 11 is 9.43. The molecule has 1 amide bonds. The second-order valence-corrected chi connectivity index (χ2v) is 5.84. The van der Waals surface area contributed by atoms with E-state index in [0.717, 1.165) is 5.56 Å². The maximum atomic E-state index is 12.2. The number of hydrogen-bond acceptors (Lipinski definition) is 2. The summed E-state index contributed by atoms with van der Waals surface area (Å²) in [6.07, 6.45) is 0.424. The summed E-state index contributed by atoms with van der Waals surface area (Å²) in [6.45, 7) is 2.53. The topological polar surface area (TPSA) is 57.6 Å². The van der Waals surface area contributed by atoms with Crippen LogP contribution in [0, 0.1) is 0 Å². The van der Waals surface area contributed by atoms with Crippen molar-refractivity contribution in [2.24, 2.45) is 0 Å². The number of alkyl halides is 1. The van der Waals surface area contributed by atoms with E-state index in [0.29, 0.717) is 18.0 Å². The fourth-order valence-electron chi connectivity index (χ4n) is 1.80. The van der Waals surface area contributed by atoms with Gasteiger partial charge < -0.3 is 10.0 Å². The predicted molar refractivity (Wildman–Crippen MR) is 82.4 cm³/mol. The molecule has 0 aromatic heterocycles. The lowest BCUT2D eigenvalue weighted by Gasteiger charge is -2.23. The third-order valence-electron chi connectivity index (χ3n) is 2.91. The molecule has 1 unspecified atom stereocenters. The molecular formula is C14H17BrClNO3. The minimum absolute atomic E-state index is 0.0502. The van der Waals surface area contributed by atoms with Crippen molar-refractivity contribution in [3.63, 3.8) is 0 Å². The molecule has 1 aromatic carbocycles. The second kappa shape index (κ2) is 8.27. The summed E-state index contributed by atoms with van der Waals surface area (Å²) in [4.78, 5) is 24.0. The van der Waals surface area contributed by atoms with E-state index in [-0.39, 0.29) is 18.9 Å². The first-order valence-electron chi connectivity index (χ1n) is 6.33. The van der Waals surface area contributed by atoms with Gasteiger partial charge in [0.05, 0.1) is 11.2 Å². The summed E-state index contributed by atoms with van der Waals surface area (Å²) < 4.78 is 0. The molecule has 1 atom stereocenters. The fraction of sp³-hybridized carbons (Fsp3) is 0.429. The summed E-state index contributed by atoms with van der Waals surface area (Å²) in [6, 6.07) is 7.36. The SMILES string of the molecule is CCN(CCC(=O)O)C(=O)C(Br)Cc1ccccc1Cl. The van der Waals surface area contributed by atoms with Crippen molar-refractivity contribution in [3.05, 3.63) is 34.9 Å². The molecule has 1 N–H and O–H groups in total. The highest BCUT2D eigenvalue weighted by molar-refractivity contribution is 9.10. The van der Waals surface area contributed by atoms with Crippen molar-refractivity contribution < 1.29 is 14.7 Å². The van der Waals surface area contributed by atoms with E-state index in [1.54, 1.807) is 6.07 Å². The Labute approximate surface area is 131 Å². The molecule has 1 rings (SSSR count). The Bertz CT molecular complexity index is 481. The minimum atomic E-state index is -0.909. The average molecular weight is 363 g/mol. The van der Waals surface area contributed by atoms with Gasteiger partial charge in [-0.05, 0) is 25.0 Å². The van der Waals surface area contributed by atoms with Crippen LogP contribution >= 0.6 is 27.5 Å². The smallest absolute Gasteiger partial charge is 0.305 e. The number of nitrogens with zero attached hydrogens (tertiary/aromatic N) is 1. The Morgan fingerprint density at radius 3 is 2.60 bits per heavy atom. The average Bonchev–Trinajstić information content (AvgIpc) is 2.41. The Balaban J connectivity index is 2.65. The molecule has 0 saturated carbocycles. The summed E-state index contributed by atoms with van der Waals surface area (Å²) in [5.41, 5.74) is 0.888. The maximum absolute atomic E-state index is 12.2. The number of amides is 1. The van der Waals surface area contributed by atoms with Gasteiger partial charge in [0.15, 0.2) is 0 Å². The number of carbonyl (C=O) groups excluding carboxylic acids is 1. The van der Waals surface area contributed by atoms with Crippen molar-refractivity contribution >= 4 is 39.4 Å². The molecule has 0 radical (unpaired) electrons. The zero-order valence-corrected chi connectivity index (χ0v) is 13.5. The zero-order valence-electron chi connectivity index (χ0n) is 11.2. The number of carbonyl (C=O) groups is 2. The summed E-state index contributed by atoms with van der Waals surface area (Å²) in [7, 11) is 0. The molecule has 0 heterocycles. The normalized spacial score (nSPS) is 11.9. The Hall–Kier alpha value is -1.07. The third kappa shape index (κ3) is 5.13. The van der Waals surface area contributed by atoms with E-state index < -0.39 is 10.8 Å². The van der Waals surface area contributed by atoms with Crippen molar-refractivity contribution in [2.45, 2.75) is 24.6 Å². The molecule has 20 heavy (non-hydrogen) atoms. The summed E-state index contributed by atoms with van der Waals surface area (Å²) in [5, 5.41) is 9.31. The van der Waals surface area contributed by atoms with Crippen molar-refractivity contribution in [1.82, 2.24) is 4.90 Å². The van der Waals surface area contributed by atoms with E-state index in [4.69, 9.17) is 16.7 Å². The molecule has 0 aliphatic carbocycles. The largest absolute Gasteiger partial charge is 0.481 e. The highest BCUT2D eigenvalue weighted by Crippen LogP contribution is 2.20. The van der Waals surface area contributed by atoms with Crippen molar-refractivity contribution in [1.29, 1.82) is 0 Å². The number of rotatable bonds is 7. The molecule has 0 aliphatic heterocycles. The highest BCUT2D eigenvalue weighted by atomic mass is 79.9. The third-order valence-corrected chi connectivity index (χ3v) is 4.00. The van der Waals surface area contributed by atoms with Gasteiger partial charge in [-0.25, -0.2) is 0 Å². The van der Waals surface area contributed by atoms with Crippen LogP contribution < -0.4 is 0 Å². The quantitative estimate of drug-likeness (QED) is 0.759. The monoisotopic (exact) mass is 361 g/mol. The number of carboxylic acids is 1. The van der Waals surface area contributed by atoms with Gasteiger partial charge in [0.1, 0.15) is 0 Å². The minimum Gasteiger partial charge on any atom is -0.481 e. The lowest BCUT2D eigenvalue weighted by molar-refractivity contribution is -0.138. The van der Waals surface area contributed by atoms with Gasteiger partial charge in [-0.15, -0.1) is 0 Å². The molecule has 0 saturated heterocycles. The molecule has 1 aromatic rings. The van der Waals surface area contributed by atoms with Crippen LogP contribution in [0.3, 0.4) is 0 Å². The molecular weight excluding hydrogens is 346 g/mol. The molecule has 0 aliphatic rings. The zero-order chi connectivity index (χ0) is 15.1. The molecule has 0 bridgehead atoms. The van der Waals surface area contributed by atoms with Crippen molar-refractivity contribution in [2.75, 3.05) is 13.1 Å². The lowest BCUT2D eigenvalue weighted by atomic mass is 10.1. The first-order chi connectivity index (χ1) is 9.45. The van der Waals surface area contributed by atoms with Crippen LogP contribution in [0.25, 0.3) is 0 Å². The van der Waals surface area contributed by atoms with E-state index in [1.807, 2.05) is 25.1 Å². The second-order valence-electron chi connectivity index (χ2n) is 4.32. The standard InChI is InChI=1S/C14H17BrClNO3/c1-2-17(8-7-13(18)19)14(20)11(15)9-10-5-3-4-6-12(10)16/h3-6,11H,2,7-9H2,1H3,(H,18,19). The van der Waals surface area contributed by atoms with E-state index in [9.17, 15) is 9.59 Å². The van der Waals surface area contributed by atoms with E-state index >= 15 is 0 Å². The number of aliphatic carboxylic acids is 1. The van der Waals surface area contributed by atoms with Crippen LogP contribution in [0.4, 0.5) is 0 Å². The van der Waals surface area contributed by atoms with Crippen molar-refractivity contribution in [3.8, 4) is 0 Å². The maximum Gasteiger partial charge on any atom is 0.305 e. The van der Waals surface area contributed by atoms with Gasteiger partial charge in [0.2, 0.25) is 5.91 Å². The number of carboxylic acid groups (broad SMARTS) is 1. The van der Waals surface area contributed by atoms with Crippen LogP contribution in [-0.2, 0) is 16.0 Å². The first-order valence-corrected chi connectivity index (χ1v) is 7.63. The Morgan fingerprint density at radius 1 is 1.40 bits per heavy atom.